The van der Waals surface area contributed by atoms with Gasteiger partial charge in [-0.2, -0.15) is 0 Å². The van der Waals surface area contributed by atoms with Crippen molar-refractivity contribution < 1.29 is 4.42 Å². The van der Waals surface area contributed by atoms with Crippen LogP contribution in [0.25, 0.3) is 11.0 Å². The zero-order valence-corrected chi connectivity index (χ0v) is 15.6. The number of likely N-dealkylation sites (tertiary alicyclic amines) is 1. The highest BCUT2D eigenvalue weighted by molar-refractivity contribution is 5.82. The Morgan fingerprint density at radius 2 is 2.00 bits per heavy atom. The van der Waals surface area contributed by atoms with Gasteiger partial charge in [-0.15, -0.1) is 0 Å². The molecule has 1 saturated heterocycles. The van der Waals surface area contributed by atoms with Gasteiger partial charge in [-0.3, -0.25) is 4.99 Å². The summed E-state index contributed by atoms with van der Waals surface area (Å²) in [7, 11) is 4.02. The third kappa shape index (κ3) is 4.54. The molecule has 1 aliphatic heterocycles. The Hall–Kier alpha value is -2.01. The highest BCUT2D eigenvalue weighted by atomic mass is 16.3. The summed E-state index contributed by atoms with van der Waals surface area (Å²) in [6.07, 6.45) is 3.82. The van der Waals surface area contributed by atoms with E-state index in [0.717, 1.165) is 29.8 Å². The van der Waals surface area contributed by atoms with E-state index in [-0.39, 0.29) is 0 Å². The van der Waals surface area contributed by atoms with Gasteiger partial charge in [0.25, 0.3) is 0 Å². The summed E-state index contributed by atoms with van der Waals surface area (Å²) >= 11 is 0. The zero-order chi connectivity index (χ0) is 17.6. The summed E-state index contributed by atoms with van der Waals surface area (Å²) in [6.45, 7) is 6.17. The lowest BCUT2D eigenvalue weighted by Gasteiger charge is -2.29. The van der Waals surface area contributed by atoms with Crippen molar-refractivity contribution in [3.05, 3.63) is 35.6 Å². The normalized spacial score (nSPS) is 17.2. The number of benzene rings is 1. The quantitative estimate of drug-likeness (QED) is 0.647. The predicted octanol–water partition coefficient (Wildman–Crippen LogP) is 3.14. The molecule has 0 saturated carbocycles. The molecule has 3 rings (SSSR count). The smallest absolute Gasteiger partial charge is 0.191 e. The zero-order valence-electron chi connectivity index (χ0n) is 15.6. The van der Waals surface area contributed by atoms with Crippen molar-refractivity contribution in [1.82, 2.24) is 15.5 Å². The first-order valence-electron chi connectivity index (χ1n) is 9.27. The number of fused-ring (bicyclic) bond motifs is 1. The van der Waals surface area contributed by atoms with Gasteiger partial charge in [0.1, 0.15) is 11.3 Å². The monoisotopic (exact) mass is 342 g/mol. The average molecular weight is 342 g/mol. The topological polar surface area (TPSA) is 52.8 Å². The Labute approximate surface area is 150 Å². The van der Waals surface area contributed by atoms with E-state index in [9.17, 15) is 0 Å². The highest BCUT2D eigenvalue weighted by Crippen LogP contribution is 2.24. The minimum absolute atomic E-state index is 0.647. The number of rotatable bonds is 5. The minimum atomic E-state index is 0.647. The van der Waals surface area contributed by atoms with E-state index in [1.165, 1.54) is 43.3 Å². The summed E-state index contributed by atoms with van der Waals surface area (Å²) in [5, 5.41) is 7.99. The summed E-state index contributed by atoms with van der Waals surface area (Å²) in [4.78, 5) is 6.74. The third-order valence-corrected chi connectivity index (χ3v) is 5.27. The molecule has 0 radical (unpaired) electrons. The van der Waals surface area contributed by atoms with Crippen molar-refractivity contribution in [1.29, 1.82) is 0 Å². The lowest BCUT2D eigenvalue weighted by molar-refractivity contribution is 0.213. The van der Waals surface area contributed by atoms with Crippen molar-refractivity contribution in [2.75, 3.05) is 33.7 Å². The van der Waals surface area contributed by atoms with E-state index < -0.39 is 0 Å². The van der Waals surface area contributed by atoms with Crippen molar-refractivity contribution in [2.45, 2.75) is 32.7 Å². The predicted molar refractivity (Wildman–Crippen MR) is 104 cm³/mol. The number of nitrogens with one attached hydrogen (secondary N) is 2. The maximum atomic E-state index is 5.95. The second kappa shape index (κ2) is 8.39. The summed E-state index contributed by atoms with van der Waals surface area (Å²) in [6, 6.07) is 8.17. The molecule has 2 aromatic rings. The molecule has 0 spiro atoms. The molecule has 0 amide bonds. The van der Waals surface area contributed by atoms with Crippen molar-refractivity contribution >= 4 is 16.9 Å². The van der Waals surface area contributed by atoms with Crippen LogP contribution in [0, 0.1) is 12.8 Å². The summed E-state index contributed by atoms with van der Waals surface area (Å²) < 4.78 is 5.95. The fourth-order valence-electron chi connectivity index (χ4n) is 3.52. The second-order valence-corrected chi connectivity index (χ2v) is 7.03. The number of hydrogen-bond donors (Lipinski definition) is 2. The Kier molecular flexibility index (Phi) is 5.97. The largest absolute Gasteiger partial charge is 0.459 e. The van der Waals surface area contributed by atoms with Crippen LogP contribution in [0.3, 0.4) is 0 Å². The maximum absolute atomic E-state index is 5.95. The number of guanidine groups is 1. The van der Waals surface area contributed by atoms with Gasteiger partial charge >= 0.3 is 0 Å². The van der Waals surface area contributed by atoms with Crippen molar-refractivity contribution in [3.63, 3.8) is 0 Å². The van der Waals surface area contributed by atoms with Crippen LogP contribution in [0.5, 0.6) is 0 Å². The number of aryl methyl sites for hydroxylation is 1. The molecule has 0 unspecified atom stereocenters. The molecule has 0 aliphatic carbocycles. The number of furan rings is 1. The van der Waals surface area contributed by atoms with Crippen LogP contribution >= 0.6 is 0 Å². The van der Waals surface area contributed by atoms with Crippen LogP contribution in [0.2, 0.25) is 0 Å². The molecule has 5 nitrogen and oxygen atoms in total. The molecule has 1 aromatic heterocycles. The molecule has 25 heavy (non-hydrogen) atoms. The van der Waals surface area contributed by atoms with Gasteiger partial charge in [-0.1, -0.05) is 18.2 Å². The fraction of sp³-hybridized carbons (Fsp3) is 0.550. The highest BCUT2D eigenvalue weighted by Gasteiger charge is 2.16. The third-order valence-electron chi connectivity index (χ3n) is 5.27. The SMILES string of the molecule is CN=C(NCCC1CCN(C)CC1)NCc1oc2ccccc2c1C. The molecule has 1 aliphatic rings. The van der Waals surface area contributed by atoms with E-state index in [1.54, 1.807) is 0 Å². The van der Waals surface area contributed by atoms with E-state index in [2.05, 4.69) is 40.6 Å². The van der Waals surface area contributed by atoms with Gasteiger partial charge < -0.3 is 20.0 Å². The molecule has 0 bridgehead atoms. The maximum Gasteiger partial charge on any atom is 0.191 e. The van der Waals surface area contributed by atoms with Crippen LogP contribution in [0.4, 0.5) is 0 Å². The molecular formula is C20H30N4O. The van der Waals surface area contributed by atoms with Gasteiger partial charge in [0, 0.05) is 24.5 Å². The lowest BCUT2D eigenvalue weighted by atomic mass is 9.94. The van der Waals surface area contributed by atoms with Crippen molar-refractivity contribution in [2.24, 2.45) is 10.9 Å². The molecule has 2 N–H and O–H groups in total. The molecule has 136 valence electrons. The Balaban J connectivity index is 1.46. The number of piperidine rings is 1. The molecule has 2 heterocycles. The Morgan fingerprint density at radius 1 is 1.24 bits per heavy atom. The van der Waals surface area contributed by atoms with Crippen LogP contribution in [-0.2, 0) is 6.54 Å². The van der Waals surface area contributed by atoms with Crippen LogP contribution in [-0.4, -0.2) is 44.6 Å². The molecular weight excluding hydrogens is 312 g/mol. The average Bonchev–Trinajstić information content (AvgIpc) is 2.96. The first-order valence-corrected chi connectivity index (χ1v) is 9.27. The summed E-state index contributed by atoms with van der Waals surface area (Å²) in [5.41, 5.74) is 2.15. The fourth-order valence-corrected chi connectivity index (χ4v) is 3.52. The van der Waals surface area contributed by atoms with Crippen LogP contribution in [0.1, 0.15) is 30.6 Å². The number of aliphatic imine (C=N–C) groups is 1. The van der Waals surface area contributed by atoms with Gasteiger partial charge in [0.05, 0.1) is 6.54 Å². The van der Waals surface area contributed by atoms with Gasteiger partial charge in [-0.25, -0.2) is 0 Å². The molecule has 1 fully saturated rings. The molecule has 1 aromatic carbocycles. The standard InChI is InChI=1S/C20H30N4O/c1-15-17-6-4-5-7-18(17)25-19(15)14-23-20(21-2)22-11-8-16-9-12-24(3)13-10-16/h4-7,16H,8-14H2,1-3H3,(H2,21,22,23). The number of para-hydroxylation sites is 1. The number of hydrogen-bond acceptors (Lipinski definition) is 3. The van der Waals surface area contributed by atoms with Gasteiger partial charge in [-0.05, 0) is 58.3 Å². The first kappa shape index (κ1) is 17.8. The summed E-state index contributed by atoms with van der Waals surface area (Å²) in [5.74, 6) is 2.65. The van der Waals surface area contributed by atoms with E-state index >= 15 is 0 Å². The van der Waals surface area contributed by atoms with Gasteiger partial charge in [0.2, 0.25) is 0 Å². The van der Waals surface area contributed by atoms with E-state index in [4.69, 9.17) is 4.42 Å². The van der Waals surface area contributed by atoms with Crippen LogP contribution in [0.15, 0.2) is 33.7 Å². The Bertz CT molecular complexity index is 714. The van der Waals surface area contributed by atoms with Gasteiger partial charge in [0.15, 0.2) is 5.96 Å². The van der Waals surface area contributed by atoms with Crippen LogP contribution < -0.4 is 10.6 Å². The second-order valence-electron chi connectivity index (χ2n) is 7.03. The Morgan fingerprint density at radius 3 is 2.72 bits per heavy atom. The first-order chi connectivity index (χ1) is 12.2. The molecule has 0 atom stereocenters. The number of nitrogens with zero attached hydrogens (tertiary/aromatic N) is 2. The van der Waals surface area contributed by atoms with E-state index in [0.29, 0.717) is 6.54 Å². The van der Waals surface area contributed by atoms with E-state index in [1.807, 2.05) is 25.2 Å². The lowest BCUT2D eigenvalue weighted by Crippen LogP contribution is -2.38. The minimum Gasteiger partial charge on any atom is -0.459 e. The van der Waals surface area contributed by atoms with Crippen molar-refractivity contribution in [3.8, 4) is 0 Å². The molecule has 5 heteroatoms.